The highest BCUT2D eigenvalue weighted by Crippen LogP contribution is 2.28. The monoisotopic (exact) mass is 378 g/mol. The van der Waals surface area contributed by atoms with Gasteiger partial charge in [-0.25, -0.2) is 9.78 Å². The maximum Gasteiger partial charge on any atom is 0.337 e. The molecular formula is C21H18N2O3S. The van der Waals surface area contributed by atoms with Gasteiger partial charge in [-0.15, -0.1) is 17.9 Å². The van der Waals surface area contributed by atoms with Crippen LogP contribution in [-0.2, 0) is 4.74 Å². The van der Waals surface area contributed by atoms with Gasteiger partial charge in [0, 0.05) is 23.1 Å². The quantitative estimate of drug-likeness (QED) is 0.470. The molecule has 0 saturated heterocycles. The van der Waals surface area contributed by atoms with Gasteiger partial charge < -0.3 is 4.74 Å². The second-order valence-electron chi connectivity index (χ2n) is 5.65. The first-order valence-electron chi connectivity index (χ1n) is 8.26. The fourth-order valence-corrected chi connectivity index (χ4v) is 3.37. The van der Waals surface area contributed by atoms with E-state index in [1.165, 1.54) is 18.4 Å². The summed E-state index contributed by atoms with van der Waals surface area (Å²) in [7, 11) is 1.32. The molecule has 0 aliphatic heterocycles. The summed E-state index contributed by atoms with van der Waals surface area (Å²) in [6.45, 7) is 4.07. The third-order valence-electron chi connectivity index (χ3n) is 3.90. The SMILES string of the molecule is C=CCN(C(=O)c1ccc(C(=O)OC)cc1)c1nc(-c2ccccc2)cs1. The van der Waals surface area contributed by atoms with Crippen LogP contribution in [0.3, 0.4) is 0 Å². The predicted octanol–water partition coefficient (Wildman–Crippen LogP) is 4.43. The molecule has 0 bridgehead atoms. The Kier molecular flexibility index (Phi) is 5.78. The zero-order valence-electron chi connectivity index (χ0n) is 14.8. The van der Waals surface area contributed by atoms with Gasteiger partial charge in [-0.1, -0.05) is 36.4 Å². The fraction of sp³-hybridized carbons (Fsp3) is 0.0952. The Labute approximate surface area is 161 Å². The lowest BCUT2D eigenvalue weighted by Crippen LogP contribution is -2.31. The highest BCUT2D eigenvalue weighted by Gasteiger charge is 2.20. The highest BCUT2D eigenvalue weighted by molar-refractivity contribution is 7.14. The molecule has 1 aromatic heterocycles. The van der Waals surface area contributed by atoms with E-state index in [4.69, 9.17) is 0 Å². The standard InChI is InChI=1S/C21H18N2O3S/c1-3-13-23(19(24)16-9-11-17(12-10-16)20(25)26-2)21-22-18(14-27-21)15-7-5-4-6-8-15/h3-12,14H,1,13H2,2H3. The first kappa shape index (κ1) is 18.5. The zero-order valence-corrected chi connectivity index (χ0v) is 15.6. The highest BCUT2D eigenvalue weighted by atomic mass is 32.1. The molecule has 136 valence electrons. The first-order chi connectivity index (χ1) is 13.1. The minimum absolute atomic E-state index is 0.208. The van der Waals surface area contributed by atoms with Gasteiger partial charge in [0.05, 0.1) is 18.4 Å². The molecule has 0 N–H and O–H groups in total. The third-order valence-corrected chi connectivity index (χ3v) is 4.77. The van der Waals surface area contributed by atoms with Gasteiger partial charge in [0.2, 0.25) is 0 Å². The molecule has 0 aliphatic carbocycles. The molecular weight excluding hydrogens is 360 g/mol. The summed E-state index contributed by atoms with van der Waals surface area (Å²) in [6, 6.07) is 16.2. The molecule has 0 fully saturated rings. The average molecular weight is 378 g/mol. The van der Waals surface area contributed by atoms with E-state index in [2.05, 4.69) is 16.3 Å². The van der Waals surface area contributed by atoms with Crippen LogP contribution in [0.4, 0.5) is 5.13 Å². The van der Waals surface area contributed by atoms with Crippen LogP contribution in [0.5, 0.6) is 0 Å². The van der Waals surface area contributed by atoms with Crippen LogP contribution < -0.4 is 4.90 Å². The minimum atomic E-state index is -0.440. The number of carbonyl (C=O) groups excluding carboxylic acids is 2. The summed E-state index contributed by atoms with van der Waals surface area (Å²) in [6.07, 6.45) is 1.66. The molecule has 5 nitrogen and oxygen atoms in total. The Morgan fingerprint density at radius 2 is 1.78 bits per heavy atom. The molecule has 27 heavy (non-hydrogen) atoms. The minimum Gasteiger partial charge on any atom is -0.465 e. The van der Waals surface area contributed by atoms with Crippen molar-refractivity contribution in [2.24, 2.45) is 0 Å². The molecule has 3 aromatic rings. The van der Waals surface area contributed by atoms with Crippen LogP contribution in [-0.4, -0.2) is 30.5 Å². The van der Waals surface area contributed by atoms with E-state index in [0.717, 1.165) is 11.3 Å². The molecule has 0 saturated carbocycles. The lowest BCUT2D eigenvalue weighted by molar-refractivity contribution is 0.0600. The van der Waals surface area contributed by atoms with Gasteiger partial charge in [0.15, 0.2) is 5.13 Å². The molecule has 0 atom stereocenters. The van der Waals surface area contributed by atoms with Crippen molar-refractivity contribution in [2.45, 2.75) is 0 Å². The Morgan fingerprint density at radius 3 is 2.41 bits per heavy atom. The number of aromatic nitrogens is 1. The van der Waals surface area contributed by atoms with E-state index in [1.807, 2.05) is 35.7 Å². The number of thiazole rings is 1. The van der Waals surface area contributed by atoms with Crippen LogP contribution in [0.15, 0.2) is 72.6 Å². The Morgan fingerprint density at radius 1 is 1.11 bits per heavy atom. The molecule has 2 aromatic carbocycles. The number of esters is 1. The van der Waals surface area contributed by atoms with Crippen molar-refractivity contribution in [3.05, 3.63) is 83.8 Å². The smallest absolute Gasteiger partial charge is 0.337 e. The van der Waals surface area contributed by atoms with Crippen molar-refractivity contribution in [1.82, 2.24) is 4.98 Å². The van der Waals surface area contributed by atoms with Crippen molar-refractivity contribution in [1.29, 1.82) is 0 Å². The van der Waals surface area contributed by atoms with Crippen molar-refractivity contribution < 1.29 is 14.3 Å². The van der Waals surface area contributed by atoms with Crippen molar-refractivity contribution in [2.75, 3.05) is 18.6 Å². The van der Waals surface area contributed by atoms with Gasteiger partial charge in [-0.05, 0) is 24.3 Å². The van der Waals surface area contributed by atoms with Gasteiger partial charge in [0.1, 0.15) is 0 Å². The summed E-state index contributed by atoms with van der Waals surface area (Å²) >= 11 is 1.40. The third kappa shape index (κ3) is 4.12. The van der Waals surface area contributed by atoms with E-state index < -0.39 is 5.97 Å². The lowest BCUT2D eigenvalue weighted by atomic mass is 10.1. The second kappa shape index (κ2) is 8.42. The van der Waals surface area contributed by atoms with Crippen molar-refractivity contribution in [3.63, 3.8) is 0 Å². The van der Waals surface area contributed by atoms with Gasteiger partial charge in [-0.3, -0.25) is 9.69 Å². The maximum absolute atomic E-state index is 13.0. The number of carbonyl (C=O) groups is 2. The van der Waals surface area contributed by atoms with Crippen LogP contribution in [0.2, 0.25) is 0 Å². The lowest BCUT2D eigenvalue weighted by Gasteiger charge is -2.18. The van der Waals surface area contributed by atoms with Gasteiger partial charge in [0.25, 0.3) is 5.91 Å². The first-order valence-corrected chi connectivity index (χ1v) is 9.14. The van der Waals surface area contributed by atoms with Crippen molar-refractivity contribution >= 4 is 28.3 Å². The number of amides is 1. The van der Waals surface area contributed by atoms with Crippen LogP contribution in [0.1, 0.15) is 20.7 Å². The summed E-state index contributed by atoms with van der Waals surface area (Å²) in [5.74, 6) is -0.648. The molecule has 6 heteroatoms. The number of benzene rings is 2. The number of ether oxygens (including phenoxy) is 1. The number of nitrogens with zero attached hydrogens (tertiary/aromatic N) is 2. The number of rotatable bonds is 6. The van der Waals surface area contributed by atoms with E-state index >= 15 is 0 Å². The summed E-state index contributed by atoms with van der Waals surface area (Å²) < 4.78 is 4.68. The molecule has 1 amide bonds. The Hall–Kier alpha value is -3.25. The molecule has 0 radical (unpaired) electrons. The molecule has 1 heterocycles. The normalized spacial score (nSPS) is 10.3. The summed E-state index contributed by atoms with van der Waals surface area (Å²) in [5, 5.41) is 2.52. The number of anilines is 1. The van der Waals surface area contributed by atoms with E-state index in [9.17, 15) is 9.59 Å². The molecule has 0 aliphatic rings. The van der Waals surface area contributed by atoms with Crippen LogP contribution in [0.25, 0.3) is 11.3 Å². The summed E-state index contributed by atoms with van der Waals surface area (Å²) in [5.41, 5.74) is 2.66. The fourth-order valence-electron chi connectivity index (χ4n) is 2.53. The molecule has 0 unspecified atom stereocenters. The Balaban J connectivity index is 1.87. The topological polar surface area (TPSA) is 59.5 Å². The van der Waals surface area contributed by atoms with Crippen molar-refractivity contribution in [3.8, 4) is 11.3 Å². The van der Waals surface area contributed by atoms with Gasteiger partial charge >= 0.3 is 5.97 Å². The molecule has 0 spiro atoms. The zero-order chi connectivity index (χ0) is 19.2. The second-order valence-corrected chi connectivity index (χ2v) is 6.49. The van der Waals surface area contributed by atoms with Crippen LogP contribution >= 0.6 is 11.3 Å². The van der Waals surface area contributed by atoms with Crippen LogP contribution in [0, 0.1) is 0 Å². The number of methoxy groups -OCH3 is 1. The Bertz CT molecular complexity index is 949. The number of hydrogen-bond donors (Lipinski definition) is 0. The average Bonchev–Trinajstić information content (AvgIpc) is 3.21. The maximum atomic E-state index is 13.0. The predicted molar refractivity (Wildman–Crippen MR) is 107 cm³/mol. The van der Waals surface area contributed by atoms with E-state index in [1.54, 1.807) is 35.2 Å². The van der Waals surface area contributed by atoms with E-state index in [-0.39, 0.29) is 5.91 Å². The van der Waals surface area contributed by atoms with E-state index in [0.29, 0.717) is 22.8 Å². The summed E-state index contributed by atoms with van der Waals surface area (Å²) in [4.78, 5) is 30.7. The largest absolute Gasteiger partial charge is 0.465 e. The van der Waals surface area contributed by atoms with Gasteiger partial charge in [-0.2, -0.15) is 0 Å². The molecule has 3 rings (SSSR count). The number of hydrogen-bond acceptors (Lipinski definition) is 5.